The van der Waals surface area contributed by atoms with Gasteiger partial charge >= 0.3 is 11.9 Å². The lowest BCUT2D eigenvalue weighted by Gasteiger charge is -2.23. The highest BCUT2D eigenvalue weighted by atomic mass is 16.5. The van der Waals surface area contributed by atoms with Gasteiger partial charge in [0.15, 0.2) is 0 Å². The molecule has 0 aromatic heterocycles. The second kappa shape index (κ2) is 10.6. The first-order chi connectivity index (χ1) is 11.1. The Morgan fingerprint density at radius 3 is 2.43 bits per heavy atom. The molecule has 0 saturated heterocycles. The Morgan fingerprint density at radius 2 is 1.87 bits per heavy atom. The highest BCUT2D eigenvalue weighted by molar-refractivity contribution is 5.90. The second-order valence-electron chi connectivity index (χ2n) is 5.66. The van der Waals surface area contributed by atoms with Gasteiger partial charge in [-0.2, -0.15) is 0 Å². The number of hydrogen-bond donors (Lipinski definition) is 1. The summed E-state index contributed by atoms with van der Waals surface area (Å²) in [7, 11) is 0. The van der Waals surface area contributed by atoms with Crippen molar-refractivity contribution in [1.82, 2.24) is 0 Å². The molecule has 1 aromatic carbocycles. The lowest BCUT2D eigenvalue weighted by atomic mass is 9.90. The van der Waals surface area contributed by atoms with Crippen molar-refractivity contribution in [1.29, 1.82) is 0 Å². The number of carboxylic acids is 1. The van der Waals surface area contributed by atoms with Crippen molar-refractivity contribution in [2.75, 3.05) is 0 Å². The van der Waals surface area contributed by atoms with Gasteiger partial charge in [0.05, 0.1) is 0 Å². The van der Waals surface area contributed by atoms with Crippen LogP contribution in [0.25, 0.3) is 0 Å². The maximum absolute atomic E-state index is 11.8. The average molecular weight is 318 g/mol. The zero-order valence-electron chi connectivity index (χ0n) is 13.9. The monoisotopic (exact) mass is 318 g/mol. The smallest absolute Gasteiger partial charge is 0.331 e. The topological polar surface area (TPSA) is 63.6 Å². The molecule has 0 bridgehead atoms. The number of ether oxygens (including phenoxy) is 1. The zero-order chi connectivity index (χ0) is 17.1. The van der Waals surface area contributed by atoms with Gasteiger partial charge in [0.2, 0.25) is 0 Å². The normalized spacial score (nSPS) is 13.7. The molecule has 0 amide bonds. The molecule has 0 aliphatic heterocycles. The Bertz CT molecular complexity index is 507. The van der Waals surface area contributed by atoms with Crippen LogP contribution >= 0.6 is 0 Å². The molecule has 23 heavy (non-hydrogen) atoms. The molecule has 0 aliphatic carbocycles. The SMILES string of the molecule is CCCCC(CC)CC(OC(=O)/C=C\C(=O)O)c1ccccc1. The maximum atomic E-state index is 11.8. The van der Waals surface area contributed by atoms with E-state index < -0.39 is 11.9 Å². The predicted octanol–water partition coefficient (Wildman–Crippen LogP) is 4.52. The van der Waals surface area contributed by atoms with Crippen molar-refractivity contribution in [3.63, 3.8) is 0 Å². The highest BCUT2D eigenvalue weighted by Gasteiger charge is 2.20. The number of aliphatic carboxylic acids is 1. The van der Waals surface area contributed by atoms with Crippen LogP contribution in [0.1, 0.15) is 57.6 Å². The fraction of sp³-hybridized carbons (Fsp3) is 0.474. The lowest BCUT2D eigenvalue weighted by Crippen LogP contribution is -2.14. The van der Waals surface area contributed by atoms with E-state index >= 15 is 0 Å². The summed E-state index contributed by atoms with van der Waals surface area (Å²) in [6.45, 7) is 4.31. The summed E-state index contributed by atoms with van der Waals surface area (Å²) in [5.74, 6) is -1.30. The van der Waals surface area contributed by atoms with Crippen molar-refractivity contribution >= 4 is 11.9 Å². The van der Waals surface area contributed by atoms with Crippen molar-refractivity contribution in [3.8, 4) is 0 Å². The maximum Gasteiger partial charge on any atom is 0.331 e. The minimum absolute atomic E-state index is 0.344. The molecule has 4 heteroatoms. The molecule has 0 radical (unpaired) electrons. The fourth-order valence-corrected chi connectivity index (χ4v) is 2.52. The summed E-state index contributed by atoms with van der Waals surface area (Å²) >= 11 is 0. The van der Waals surface area contributed by atoms with Crippen LogP contribution in [0.15, 0.2) is 42.5 Å². The van der Waals surface area contributed by atoms with Crippen molar-refractivity contribution < 1.29 is 19.4 Å². The highest BCUT2D eigenvalue weighted by Crippen LogP contribution is 2.29. The summed E-state index contributed by atoms with van der Waals surface area (Å²) in [6, 6.07) is 9.62. The molecule has 2 unspecified atom stereocenters. The molecule has 0 heterocycles. The van der Waals surface area contributed by atoms with Crippen molar-refractivity contribution in [2.24, 2.45) is 5.92 Å². The molecule has 1 aromatic rings. The van der Waals surface area contributed by atoms with E-state index in [2.05, 4.69) is 13.8 Å². The van der Waals surface area contributed by atoms with Gasteiger partial charge in [-0.25, -0.2) is 9.59 Å². The fourth-order valence-electron chi connectivity index (χ4n) is 2.52. The minimum atomic E-state index is -1.16. The minimum Gasteiger partial charge on any atom is -0.478 e. The molecular formula is C19H26O4. The molecule has 126 valence electrons. The number of benzene rings is 1. The van der Waals surface area contributed by atoms with Gasteiger partial charge in [-0.05, 0) is 17.9 Å². The molecule has 0 saturated carbocycles. The van der Waals surface area contributed by atoms with E-state index in [0.29, 0.717) is 5.92 Å². The van der Waals surface area contributed by atoms with Gasteiger partial charge < -0.3 is 9.84 Å². The number of carbonyl (C=O) groups excluding carboxylic acids is 1. The summed E-state index contributed by atoms with van der Waals surface area (Å²) in [4.78, 5) is 22.4. The van der Waals surface area contributed by atoms with Crippen LogP contribution in [-0.4, -0.2) is 17.0 Å². The zero-order valence-corrected chi connectivity index (χ0v) is 13.9. The Labute approximate surface area is 138 Å². The third-order valence-electron chi connectivity index (χ3n) is 3.88. The first kappa shape index (κ1) is 18.9. The Balaban J connectivity index is 2.81. The molecular weight excluding hydrogens is 292 g/mol. The van der Waals surface area contributed by atoms with E-state index in [1.54, 1.807) is 0 Å². The van der Waals surface area contributed by atoms with Crippen LogP contribution in [-0.2, 0) is 14.3 Å². The van der Waals surface area contributed by atoms with Gasteiger partial charge in [-0.15, -0.1) is 0 Å². The van der Waals surface area contributed by atoms with Gasteiger partial charge in [-0.1, -0.05) is 69.9 Å². The Hall–Kier alpha value is -2.10. The molecule has 0 spiro atoms. The third-order valence-corrected chi connectivity index (χ3v) is 3.88. The van der Waals surface area contributed by atoms with Crippen LogP contribution in [0.2, 0.25) is 0 Å². The number of carbonyl (C=O) groups is 2. The van der Waals surface area contributed by atoms with Gasteiger partial charge in [0.25, 0.3) is 0 Å². The summed E-state index contributed by atoms with van der Waals surface area (Å²) in [5, 5.41) is 8.60. The van der Waals surface area contributed by atoms with Crippen LogP contribution in [0.4, 0.5) is 0 Å². The third kappa shape index (κ3) is 7.63. The summed E-state index contributed by atoms with van der Waals surface area (Å²) in [6.07, 6.45) is 6.63. The second-order valence-corrected chi connectivity index (χ2v) is 5.66. The summed E-state index contributed by atoms with van der Waals surface area (Å²) < 4.78 is 5.51. The van der Waals surface area contributed by atoms with E-state index in [-0.39, 0.29) is 6.10 Å². The molecule has 0 aliphatic rings. The Morgan fingerprint density at radius 1 is 1.17 bits per heavy atom. The predicted molar refractivity (Wildman–Crippen MR) is 90.0 cm³/mol. The average Bonchev–Trinajstić information content (AvgIpc) is 2.56. The first-order valence-corrected chi connectivity index (χ1v) is 8.23. The van der Waals surface area contributed by atoms with Gasteiger partial charge in [0, 0.05) is 12.2 Å². The quantitative estimate of drug-likeness (QED) is 0.509. The molecule has 1 N–H and O–H groups in total. The van der Waals surface area contributed by atoms with Crippen molar-refractivity contribution in [3.05, 3.63) is 48.0 Å². The molecule has 0 fully saturated rings. The number of rotatable bonds is 10. The molecule has 2 atom stereocenters. The summed E-state index contributed by atoms with van der Waals surface area (Å²) in [5.41, 5.74) is 0.944. The Kier molecular flexibility index (Phi) is 8.73. The first-order valence-electron chi connectivity index (χ1n) is 8.23. The molecule has 4 nitrogen and oxygen atoms in total. The lowest BCUT2D eigenvalue weighted by molar-refractivity contribution is -0.144. The van der Waals surface area contributed by atoms with E-state index in [9.17, 15) is 9.59 Å². The number of unbranched alkanes of at least 4 members (excludes halogenated alkanes) is 1. The largest absolute Gasteiger partial charge is 0.478 e. The number of esters is 1. The van der Waals surface area contributed by atoms with Gasteiger partial charge in [-0.3, -0.25) is 0 Å². The van der Waals surface area contributed by atoms with Crippen molar-refractivity contribution in [2.45, 2.75) is 52.1 Å². The van der Waals surface area contributed by atoms with E-state index in [1.807, 2.05) is 30.3 Å². The van der Waals surface area contributed by atoms with Crippen LogP contribution in [0, 0.1) is 5.92 Å². The van der Waals surface area contributed by atoms with E-state index in [4.69, 9.17) is 9.84 Å². The van der Waals surface area contributed by atoms with Crippen LogP contribution in [0.3, 0.4) is 0 Å². The number of carboxylic acid groups (broad SMARTS) is 1. The van der Waals surface area contributed by atoms with Crippen LogP contribution < -0.4 is 0 Å². The standard InChI is InChI=1S/C19H26O4/c1-3-5-9-15(4-2)14-17(16-10-7-6-8-11-16)23-19(22)13-12-18(20)21/h6-8,10-13,15,17H,3-5,9,14H2,1-2H3,(H,20,21)/b13-12-. The van der Waals surface area contributed by atoms with E-state index in [0.717, 1.165) is 49.8 Å². The number of hydrogen-bond acceptors (Lipinski definition) is 3. The van der Waals surface area contributed by atoms with Crippen LogP contribution in [0.5, 0.6) is 0 Å². The van der Waals surface area contributed by atoms with E-state index in [1.165, 1.54) is 0 Å². The molecule has 1 rings (SSSR count). The van der Waals surface area contributed by atoms with Gasteiger partial charge in [0.1, 0.15) is 6.10 Å².